The zero-order chi connectivity index (χ0) is 27.3. The van der Waals surface area contributed by atoms with Crippen molar-refractivity contribution in [2.75, 3.05) is 14.2 Å². The molecule has 1 amide bonds. The molecular formula is C30H42N2O3S. The van der Waals surface area contributed by atoms with Gasteiger partial charge in [0.05, 0.1) is 19.8 Å². The number of hydrogen-bond acceptors (Lipinski definition) is 4. The van der Waals surface area contributed by atoms with Crippen LogP contribution in [0.3, 0.4) is 0 Å². The van der Waals surface area contributed by atoms with Crippen molar-refractivity contribution in [3.63, 3.8) is 0 Å². The molecule has 0 radical (unpaired) electrons. The van der Waals surface area contributed by atoms with E-state index in [1.165, 1.54) is 17.5 Å². The molecule has 1 fully saturated rings. The van der Waals surface area contributed by atoms with Crippen LogP contribution in [-0.4, -0.2) is 25.2 Å². The van der Waals surface area contributed by atoms with E-state index in [0.29, 0.717) is 16.6 Å². The molecule has 2 aromatic rings. The van der Waals surface area contributed by atoms with Crippen molar-refractivity contribution in [1.29, 1.82) is 0 Å². The largest absolute Gasteiger partial charge is 0.496 e. The van der Waals surface area contributed by atoms with Gasteiger partial charge in [0.15, 0.2) is 5.11 Å². The Hall–Kier alpha value is -2.86. The van der Waals surface area contributed by atoms with Gasteiger partial charge < -0.3 is 14.8 Å². The molecule has 36 heavy (non-hydrogen) atoms. The number of ether oxygens (including phenoxy) is 2. The molecule has 5 nitrogen and oxygen atoms in total. The Morgan fingerprint density at radius 2 is 1.47 bits per heavy atom. The van der Waals surface area contributed by atoms with E-state index >= 15 is 0 Å². The van der Waals surface area contributed by atoms with E-state index in [4.69, 9.17) is 21.7 Å². The van der Waals surface area contributed by atoms with Crippen molar-refractivity contribution in [3.05, 3.63) is 52.7 Å². The second-order valence-corrected chi connectivity index (χ2v) is 10.2. The number of methoxy groups -OCH3 is 2. The van der Waals surface area contributed by atoms with Crippen molar-refractivity contribution < 1.29 is 14.3 Å². The van der Waals surface area contributed by atoms with Crippen LogP contribution in [0.25, 0.3) is 17.2 Å². The van der Waals surface area contributed by atoms with Gasteiger partial charge in [0.1, 0.15) is 17.2 Å². The summed E-state index contributed by atoms with van der Waals surface area (Å²) in [5.41, 5.74) is 6.04. The number of amides is 1. The molecule has 1 saturated heterocycles. The fourth-order valence-corrected chi connectivity index (χ4v) is 4.94. The summed E-state index contributed by atoms with van der Waals surface area (Å²) in [5.74, 6) is 1.11. The first-order valence-corrected chi connectivity index (χ1v) is 13.2. The molecule has 1 aliphatic heterocycles. The molecule has 0 atom stereocenters. The van der Waals surface area contributed by atoms with E-state index in [9.17, 15) is 4.79 Å². The molecular weight excluding hydrogens is 468 g/mol. The average molecular weight is 511 g/mol. The Kier molecular flexibility index (Phi) is 9.72. The molecule has 0 saturated carbocycles. The van der Waals surface area contributed by atoms with Crippen molar-refractivity contribution in [3.8, 4) is 22.6 Å². The quantitative estimate of drug-likeness (QED) is 0.339. The lowest BCUT2D eigenvalue weighted by molar-refractivity contribution is -0.115. The molecule has 2 N–H and O–H groups in total. The minimum absolute atomic E-state index is 0.0858. The van der Waals surface area contributed by atoms with E-state index in [0.717, 1.165) is 28.9 Å². The van der Waals surface area contributed by atoms with Crippen LogP contribution < -0.4 is 20.1 Å². The van der Waals surface area contributed by atoms with Crippen LogP contribution in [0.15, 0.2) is 36.0 Å². The van der Waals surface area contributed by atoms with Gasteiger partial charge in [-0.1, -0.05) is 73.6 Å². The standard InChI is InChI=1S/C26H30N2O3S.2C2H6/c1-25(2)11-12-26(3,4)18-13-15(7-9-17(18)25)21-20(30-5)10-8-16(22(21)31-6)14-19-23(29)28-24(32)27-19;2*1-2/h7-10,13-14H,11-12H2,1-6H3,(H2,27,28,29,32);2*1-2H3/b19-14-;;. The van der Waals surface area contributed by atoms with Crippen LogP contribution in [0.2, 0.25) is 0 Å². The summed E-state index contributed by atoms with van der Waals surface area (Å²) in [4.78, 5) is 12.2. The highest BCUT2D eigenvalue weighted by Crippen LogP contribution is 2.49. The van der Waals surface area contributed by atoms with E-state index in [1.54, 1.807) is 20.3 Å². The molecule has 4 rings (SSSR count). The number of fused-ring (bicyclic) bond motifs is 1. The Morgan fingerprint density at radius 3 is 2.00 bits per heavy atom. The van der Waals surface area contributed by atoms with E-state index in [-0.39, 0.29) is 16.7 Å². The SMILES string of the molecule is CC.CC.COc1ccc(/C=C2\NC(=S)NC2=O)c(OC)c1-c1ccc2c(c1)C(C)(C)CCC2(C)C. The molecule has 0 spiro atoms. The smallest absolute Gasteiger partial charge is 0.273 e. The van der Waals surface area contributed by atoms with Gasteiger partial charge in [0, 0.05) is 5.56 Å². The third kappa shape index (κ3) is 5.75. The molecule has 0 unspecified atom stereocenters. The first kappa shape index (κ1) is 29.4. The second-order valence-electron chi connectivity index (χ2n) is 9.76. The van der Waals surface area contributed by atoms with Gasteiger partial charge in [-0.2, -0.15) is 0 Å². The predicted octanol–water partition coefficient (Wildman–Crippen LogP) is 7.12. The summed E-state index contributed by atoms with van der Waals surface area (Å²) in [5, 5.41) is 5.79. The summed E-state index contributed by atoms with van der Waals surface area (Å²) >= 11 is 5.05. The third-order valence-electron chi connectivity index (χ3n) is 6.74. The highest BCUT2D eigenvalue weighted by atomic mass is 32.1. The normalized spacial score (nSPS) is 18.0. The lowest BCUT2D eigenvalue weighted by Crippen LogP contribution is -2.33. The van der Waals surface area contributed by atoms with Crippen LogP contribution in [-0.2, 0) is 15.6 Å². The van der Waals surface area contributed by atoms with Crippen molar-refractivity contribution in [2.24, 2.45) is 0 Å². The average Bonchev–Trinajstić information content (AvgIpc) is 3.20. The van der Waals surface area contributed by atoms with Crippen molar-refractivity contribution in [1.82, 2.24) is 10.6 Å². The van der Waals surface area contributed by atoms with Gasteiger partial charge in [0.25, 0.3) is 5.91 Å². The minimum Gasteiger partial charge on any atom is -0.496 e. The fraction of sp³-hybridized carbons (Fsp3) is 0.467. The maximum atomic E-state index is 12.2. The highest BCUT2D eigenvalue weighted by Gasteiger charge is 2.37. The molecule has 1 aliphatic carbocycles. The van der Waals surface area contributed by atoms with Gasteiger partial charge >= 0.3 is 0 Å². The van der Waals surface area contributed by atoms with E-state index in [2.05, 4.69) is 56.5 Å². The maximum absolute atomic E-state index is 12.2. The Labute approximate surface area is 222 Å². The number of benzene rings is 2. The lowest BCUT2D eigenvalue weighted by atomic mass is 9.63. The third-order valence-corrected chi connectivity index (χ3v) is 6.94. The molecule has 2 aliphatic rings. The number of carbonyl (C=O) groups is 1. The first-order chi connectivity index (χ1) is 17.1. The fourth-order valence-electron chi connectivity index (χ4n) is 4.74. The van der Waals surface area contributed by atoms with Crippen molar-refractivity contribution >= 4 is 29.3 Å². The second kappa shape index (κ2) is 11.9. The van der Waals surface area contributed by atoms with Crippen LogP contribution in [0.1, 0.15) is 84.9 Å². The molecule has 1 heterocycles. The van der Waals surface area contributed by atoms with Crippen LogP contribution in [0, 0.1) is 0 Å². The number of hydrogen-bond donors (Lipinski definition) is 2. The first-order valence-electron chi connectivity index (χ1n) is 12.8. The molecule has 0 bridgehead atoms. The Bertz CT molecular complexity index is 1150. The molecule has 6 heteroatoms. The summed E-state index contributed by atoms with van der Waals surface area (Å²) in [7, 11) is 3.30. The van der Waals surface area contributed by atoms with Crippen molar-refractivity contribution in [2.45, 2.75) is 79.1 Å². The van der Waals surface area contributed by atoms with Crippen LogP contribution >= 0.6 is 12.2 Å². The van der Waals surface area contributed by atoms with E-state index in [1.807, 2.05) is 39.8 Å². The molecule has 0 aromatic heterocycles. The Morgan fingerprint density at radius 1 is 0.861 bits per heavy atom. The van der Waals surface area contributed by atoms with Gasteiger partial charge in [-0.15, -0.1) is 0 Å². The zero-order valence-electron chi connectivity index (χ0n) is 23.5. The van der Waals surface area contributed by atoms with Gasteiger partial charge in [-0.3, -0.25) is 10.1 Å². The minimum atomic E-state index is -0.257. The summed E-state index contributed by atoms with van der Waals surface area (Å²) in [6.07, 6.45) is 4.05. The maximum Gasteiger partial charge on any atom is 0.273 e. The highest BCUT2D eigenvalue weighted by molar-refractivity contribution is 7.80. The number of rotatable bonds is 4. The van der Waals surface area contributed by atoms with Crippen LogP contribution in [0.4, 0.5) is 0 Å². The lowest BCUT2D eigenvalue weighted by Gasteiger charge is -2.42. The van der Waals surface area contributed by atoms with Gasteiger partial charge in [-0.05, 0) is 70.8 Å². The number of nitrogens with one attached hydrogen (secondary N) is 2. The summed E-state index contributed by atoms with van der Waals surface area (Å²) < 4.78 is 11.6. The van der Waals surface area contributed by atoms with Gasteiger partial charge in [0.2, 0.25) is 0 Å². The summed E-state index contributed by atoms with van der Waals surface area (Å²) in [6, 6.07) is 10.5. The Balaban J connectivity index is 0.00000109. The predicted molar refractivity (Wildman–Crippen MR) is 155 cm³/mol. The number of carbonyl (C=O) groups excluding carboxylic acids is 1. The summed E-state index contributed by atoms with van der Waals surface area (Å²) in [6.45, 7) is 17.3. The monoisotopic (exact) mass is 510 g/mol. The van der Waals surface area contributed by atoms with Gasteiger partial charge in [-0.25, -0.2) is 0 Å². The number of thiocarbonyl (C=S) groups is 1. The zero-order valence-corrected chi connectivity index (χ0v) is 24.3. The van der Waals surface area contributed by atoms with Crippen LogP contribution in [0.5, 0.6) is 11.5 Å². The topological polar surface area (TPSA) is 59.6 Å². The van der Waals surface area contributed by atoms with E-state index < -0.39 is 0 Å². The molecule has 2 aromatic carbocycles. The molecule has 196 valence electrons.